The van der Waals surface area contributed by atoms with Crippen molar-refractivity contribution in [1.82, 2.24) is 9.78 Å². The van der Waals surface area contributed by atoms with Gasteiger partial charge in [0.2, 0.25) is 4.80 Å². The number of aromatic nitrogens is 2. The van der Waals surface area contributed by atoms with Crippen LogP contribution in [0.15, 0.2) is 29.3 Å². The molecule has 0 bridgehead atoms. The number of nitro benzene ring substituents is 1. The first-order chi connectivity index (χ1) is 9.02. The molecule has 6 nitrogen and oxygen atoms in total. The lowest BCUT2D eigenvalue weighted by atomic mass is 10.2. The van der Waals surface area contributed by atoms with Crippen LogP contribution in [0.1, 0.15) is 24.8 Å². The molecule has 0 unspecified atom stereocenters. The zero-order valence-electron chi connectivity index (χ0n) is 10.9. The van der Waals surface area contributed by atoms with Gasteiger partial charge in [0.05, 0.1) is 10.6 Å². The smallest absolute Gasteiger partial charge is 0.261 e. The van der Waals surface area contributed by atoms with E-state index < -0.39 is 4.92 Å². The Morgan fingerprint density at radius 2 is 2.00 bits per heavy atom. The van der Waals surface area contributed by atoms with Gasteiger partial charge in [0.25, 0.3) is 5.69 Å². The molecule has 0 radical (unpaired) electrons. The fourth-order valence-electron chi connectivity index (χ4n) is 1.56. The molecule has 0 aliphatic carbocycles. The molecular weight excluding hydrogens is 264 g/mol. The predicted molar refractivity (Wildman–Crippen MR) is 73.7 cm³/mol. The maximum atomic E-state index is 10.6. The number of hydrogen-bond donors (Lipinski definition) is 0. The number of nitro groups is 1. The van der Waals surface area contributed by atoms with Crippen LogP contribution in [-0.4, -0.2) is 21.8 Å². The first kappa shape index (κ1) is 13.4. The van der Waals surface area contributed by atoms with Crippen LogP contribution in [0.25, 0.3) is 5.69 Å². The zero-order valence-corrected chi connectivity index (χ0v) is 11.7. The number of hydrogen-bond acceptors (Lipinski definition) is 5. The second-order valence-corrected chi connectivity index (χ2v) is 5.27. The van der Waals surface area contributed by atoms with Gasteiger partial charge in [-0.05, 0) is 12.1 Å². The number of rotatable bonds is 3. The fourth-order valence-corrected chi connectivity index (χ4v) is 2.43. The van der Waals surface area contributed by atoms with Gasteiger partial charge in [-0.25, -0.2) is 4.68 Å². The Balaban J connectivity index is 2.49. The van der Waals surface area contributed by atoms with Gasteiger partial charge in [0.15, 0.2) is 0 Å². The normalized spacial score (nSPS) is 12.1. The number of nitrogens with zero attached hydrogens (tertiary/aromatic N) is 4. The molecule has 0 amide bonds. The van der Waals surface area contributed by atoms with Crippen LogP contribution in [0, 0.1) is 10.1 Å². The Bertz CT molecular complexity index is 655. The van der Waals surface area contributed by atoms with E-state index in [0.29, 0.717) is 5.92 Å². The summed E-state index contributed by atoms with van der Waals surface area (Å²) >= 11 is 1.52. The molecule has 7 heteroatoms. The number of non-ortho nitro benzene ring substituents is 1. The molecule has 2 aromatic rings. The third kappa shape index (κ3) is 2.70. The minimum atomic E-state index is -0.417. The number of benzene rings is 1. The monoisotopic (exact) mass is 278 g/mol. The SMILES string of the molecule is CN=c1sc(C(C)C)nn1-c1ccc([N+](=O)[O-])cc1. The molecule has 0 atom stereocenters. The molecule has 19 heavy (non-hydrogen) atoms. The lowest BCUT2D eigenvalue weighted by Crippen LogP contribution is -2.13. The Morgan fingerprint density at radius 1 is 1.37 bits per heavy atom. The van der Waals surface area contributed by atoms with Crippen LogP contribution in [0.5, 0.6) is 0 Å². The van der Waals surface area contributed by atoms with Crippen molar-refractivity contribution in [2.24, 2.45) is 4.99 Å². The summed E-state index contributed by atoms with van der Waals surface area (Å²) in [6.07, 6.45) is 0. The largest absolute Gasteiger partial charge is 0.269 e. The van der Waals surface area contributed by atoms with Crippen LogP contribution in [0.4, 0.5) is 5.69 Å². The van der Waals surface area contributed by atoms with Crippen LogP contribution in [-0.2, 0) is 0 Å². The predicted octanol–water partition coefficient (Wildman–Crippen LogP) is 2.50. The van der Waals surface area contributed by atoms with Crippen molar-refractivity contribution in [2.45, 2.75) is 19.8 Å². The van der Waals surface area contributed by atoms with Crippen molar-refractivity contribution in [1.29, 1.82) is 0 Å². The third-order valence-electron chi connectivity index (χ3n) is 2.57. The molecule has 0 aliphatic rings. The van der Waals surface area contributed by atoms with Gasteiger partial charge >= 0.3 is 0 Å². The molecule has 0 saturated heterocycles. The van der Waals surface area contributed by atoms with Gasteiger partial charge in [-0.3, -0.25) is 15.1 Å². The van der Waals surface area contributed by atoms with E-state index in [0.717, 1.165) is 15.5 Å². The summed E-state index contributed by atoms with van der Waals surface area (Å²) < 4.78 is 1.71. The minimum absolute atomic E-state index is 0.0682. The van der Waals surface area contributed by atoms with E-state index in [1.165, 1.54) is 23.5 Å². The van der Waals surface area contributed by atoms with Crippen molar-refractivity contribution in [2.75, 3.05) is 7.05 Å². The topological polar surface area (TPSA) is 73.3 Å². The van der Waals surface area contributed by atoms with E-state index in [9.17, 15) is 10.1 Å². The van der Waals surface area contributed by atoms with Crippen molar-refractivity contribution in [3.63, 3.8) is 0 Å². The Hall–Kier alpha value is -2.02. The van der Waals surface area contributed by atoms with Gasteiger partial charge in [-0.15, -0.1) is 0 Å². The lowest BCUT2D eigenvalue weighted by molar-refractivity contribution is -0.384. The van der Waals surface area contributed by atoms with Gasteiger partial charge < -0.3 is 0 Å². The quantitative estimate of drug-likeness (QED) is 0.639. The zero-order chi connectivity index (χ0) is 14.0. The molecule has 2 rings (SSSR count). The molecular formula is C12H14N4O2S. The summed E-state index contributed by atoms with van der Waals surface area (Å²) in [5.41, 5.74) is 0.841. The summed E-state index contributed by atoms with van der Waals surface area (Å²) in [5.74, 6) is 0.324. The van der Waals surface area contributed by atoms with E-state index in [4.69, 9.17) is 0 Å². The Kier molecular flexibility index (Phi) is 3.75. The standard InChI is InChI=1S/C12H14N4O2S/c1-8(2)11-14-15(12(13-3)19-11)9-4-6-10(7-5-9)16(17)18/h4-8H,1-3H3. The summed E-state index contributed by atoms with van der Waals surface area (Å²) in [4.78, 5) is 15.2. The third-order valence-corrected chi connectivity index (χ3v) is 3.87. The van der Waals surface area contributed by atoms with Gasteiger partial charge in [0, 0.05) is 25.1 Å². The average Bonchev–Trinajstić information content (AvgIpc) is 2.83. The summed E-state index contributed by atoms with van der Waals surface area (Å²) in [5, 5.41) is 16.1. The minimum Gasteiger partial charge on any atom is -0.261 e. The van der Waals surface area contributed by atoms with Crippen LogP contribution in [0.2, 0.25) is 0 Å². The molecule has 1 heterocycles. The molecule has 1 aromatic heterocycles. The van der Waals surface area contributed by atoms with Crippen molar-refractivity contribution in [3.8, 4) is 5.69 Å². The van der Waals surface area contributed by atoms with Crippen molar-refractivity contribution in [3.05, 3.63) is 44.2 Å². The van der Waals surface area contributed by atoms with Crippen molar-refractivity contribution >= 4 is 17.0 Å². The van der Waals surface area contributed by atoms with Crippen LogP contribution >= 0.6 is 11.3 Å². The average molecular weight is 278 g/mol. The molecule has 0 spiro atoms. The van der Waals surface area contributed by atoms with E-state index in [2.05, 4.69) is 23.9 Å². The highest BCUT2D eigenvalue weighted by molar-refractivity contribution is 7.08. The van der Waals surface area contributed by atoms with E-state index in [1.807, 2.05) is 0 Å². The summed E-state index contributed by atoms with van der Waals surface area (Å²) in [6.45, 7) is 4.14. The van der Waals surface area contributed by atoms with Gasteiger partial charge in [-0.2, -0.15) is 5.10 Å². The maximum Gasteiger partial charge on any atom is 0.269 e. The summed E-state index contributed by atoms with van der Waals surface area (Å²) in [6, 6.07) is 6.29. The van der Waals surface area contributed by atoms with E-state index in [-0.39, 0.29) is 5.69 Å². The second-order valence-electron chi connectivity index (χ2n) is 4.29. The molecule has 100 valence electrons. The Morgan fingerprint density at radius 3 is 2.47 bits per heavy atom. The lowest BCUT2D eigenvalue weighted by Gasteiger charge is -2.01. The van der Waals surface area contributed by atoms with Gasteiger partial charge in [-0.1, -0.05) is 25.2 Å². The molecule has 0 fully saturated rings. The van der Waals surface area contributed by atoms with Crippen LogP contribution < -0.4 is 4.80 Å². The second kappa shape index (κ2) is 5.31. The van der Waals surface area contributed by atoms with Crippen molar-refractivity contribution < 1.29 is 4.92 Å². The molecule has 0 N–H and O–H groups in total. The maximum absolute atomic E-state index is 10.6. The van der Waals surface area contributed by atoms with Gasteiger partial charge in [0.1, 0.15) is 5.01 Å². The molecule has 0 saturated carbocycles. The van der Waals surface area contributed by atoms with E-state index in [1.54, 1.807) is 23.9 Å². The highest BCUT2D eigenvalue weighted by Gasteiger charge is 2.11. The molecule has 0 aliphatic heterocycles. The molecule has 1 aromatic carbocycles. The first-order valence-corrected chi connectivity index (χ1v) is 6.62. The highest BCUT2D eigenvalue weighted by atomic mass is 32.1. The summed E-state index contributed by atoms with van der Waals surface area (Å²) in [7, 11) is 1.71. The fraction of sp³-hybridized carbons (Fsp3) is 0.333. The highest BCUT2D eigenvalue weighted by Crippen LogP contribution is 2.17. The first-order valence-electron chi connectivity index (χ1n) is 5.80. The van der Waals surface area contributed by atoms with E-state index >= 15 is 0 Å². The van der Waals surface area contributed by atoms with Crippen LogP contribution in [0.3, 0.4) is 0 Å². The Labute approximate surface area is 114 Å².